The van der Waals surface area contributed by atoms with Gasteiger partial charge in [-0.3, -0.25) is 9.10 Å². The van der Waals surface area contributed by atoms with E-state index in [4.69, 9.17) is 0 Å². The van der Waals surface area contributed by atoms with Gasteiger partial charge in [-0.2, -0.15) is 0 Å². The lowest BCUT2D eigenvalue weighted by Gasteiger charge is -2.34. The molecular formula is C16H24N2O3S. The maximum atomic E-state index is 12.6. The third-order valence-electron chi connectivity index (χ3n) is 4.02. The first-order valence-corrected chi connectivity index (χ1v) is 9.50. The number of amides is 1. The van der Waals surface area contributed by atoms with E-state index in [-0.39, 0.29) is 5.91 Å². The molecule has 0 bridgehead atoms. The Kier molecular flexibility index (Phi) is 5.11. The SMILES string of the molecule is Cc1ccc(N(C(C)C(=O)N2CCCCC2)S(C)(=O)=O)cc1. The van der Waals surface area contributed by atoms with E-state index in [2.05, 4.69) is 0 Å². The standard InChI is InChI=1S/C16H24N2O3S/c1-13-7-9-15(10-8-13)18(22(3,20)21)14(2)16(19)17-11-5-4-6-12-17/h7-10,14H,4-6,11-12H2,1-3H3. The Morgan fingerprint density at radius 3 is 2.18 bits per heavy atom. The monoisotopic (exact) mass is 324 g/mol. The van der Waals surface area contributed by atoms with Gasteiger partial charge in [0.05, 0.1) is 11.9 Å². The summed E-state index contributed by atoms with van der Waals surface area (Å²) < 4.78 is 25.6. The van der Waals surface area contributed by atoms with Crippen LogP contribution in [0.4, 0.5) is 5.69 Å². The van der Waals surface area contributed by atoms with Gasteiger partial charge in [-0.15, -0.1) is 0 Å². The summed E-state index contributed by atoms with van der Waals surface area (Å²) in [4.78, 5) is 14.4. The van der Waals surface area contributed by atoms with Crippen LogP contribution in [0.25, 0.3) is 0 Å². The molecule has 122 valence electrons. The quantitative estimate of drug-likeness (QED) is 0.853. The van der Waals surface area contributed by atoms with Gasteiger partial charge in [-0.1, -0.05) is 17.7 Å². The first-order valence-electron chi connectivity index (χ1n) is 7.65. The van der Waals surface area contributed by atoms with E-state index in [9.17, 15) is 13.2 Å². The number of carbonyl (C=O) groups is 1. The molecule has 1 heterocycles. The van der Waals surface area contributed by atoms with Crippen LogP contribution in [0.2, 0.25) is 0 Å². The average Bonchev–Trinajstić information content (AvgIpc) is 2.48. The van der Waals surface area contributed by atoms with Gasteiger partial charge in [-0.05, 0) is 45.2 Å². The fraction of sp³-hybridized carbons (Fsp3) is 0.562. The minimum Gasteiger partial charge on any atom is -0.341 e. The summed E-state index contributed by atoms with van der Waals surface area (Å²) in [5, 5.41) is 0. The molecule has 5 nitrogen and oxygen atoms in total. The second kappa shape index (κ2) is 6.69. The molecule has 0 aliphatic carbocycles. The Morgan fingerprint density at radius 2 is 1.68 bits per heavy atom. The number of likely N-dealkylation sites (tertiary alicyclic amines) is 1. The topological polar surface area (TPSA) is 57.7 Å². The van der Waals surface area contributed by atoms with E-state index in [0.29, 0.717) is 18.8 Å². The molecule has 1 atom stereocenters. The van der Waals surface area contributed by atoms with Crippen LogP contribution in [0.1, 0.15) is 31.7 Å². The highest BCUT2D eigenvalue weighted by atomic mass is 32.2. The van der Waals surface area contributed by atoms with Gasteiger partial charge >= 0.3 is 0 Å². The normalized spacial score (nSPS) is 17.1. The van der Waals surface area contributed by atoms with Gasteiger partial charge in [0.25, 0.3) is 0 Å². The Labute approximate surface area is 133 Å². The lowest BCUT2D eigenvalue weighted by molar-refractivity contribution is -0.132. The Balaban J connectivity index is 2.29. The molecule has 22 heavy (non-hydrogen) atoms. The molecule has 0 saturated carbocycles. The molecule has 1 saturated heterocycles. The van der Waals surface area contributed by atoms with Gasteiger partial charge in [-0.25, -0.2) is 8.42 Å². The van der Waals surface area contributed by atoms with Gasteiger partial charge in [0.15, 0.2) is 0 Å². The van der Waals surface area contributed by atoms with Crippen LogP contribution in [-0.4, -0.2) is 44.6 Å². The number of sulfonamides is 1. The predicted molar refractivity (Wildman–Crippen MR) is 88.4 cm³/mol. The van der Waals surface area contributed by atoms with E-state index in [1.165, 1.54) is 4.31 Å². The van der Waals surface area contributed by atoms with Crippen molar-refractivity contribution in [1.82, 2.24) is 4.90 Å². The molecule has 6 heteroatoms. The fourth-order valence-corrected chi connectivity index (χ4v) is 4.04. The Bertz CT molecular complexity index is 619. The minimum atomic E-state index is -3.53. The molecule has 2 rings (SSSR count). The number of rotatable bonds is 4. The maximum Gasteiger partial charge on any atom is 0.246 e. The molecule has 0 aromatic heterocycles. The highest BCUT2D eigenvalue weighted by Crippen LogP contribution is 2.23. The summed E-state index contributed by atoms with van der Waals surface area (Å²) in [5.41, 5.74) is 1.58. The third kappa shape index (κ3) is 3.80. The summed E-state index contributed by atoms with van der Waals surface area (Å²) in [6, 6.07) is 6.47. The van der Waals surface area contributed by atoms with Crippen LogP contribution in [-0.2, 0) is 14.8 Å². The summed E-state index contributed by atoms with van der Waals surface area (Å²) >= 11 is 0. The molecule has 1 amide bonds. The first-order chi connectivity index (χ1) is 10.3. The van der Waals surface area contributed by atoms with Crippen molar-refractivity contribution in [2.45, 2.75) is 39.2 Å². The number of hydrogen-bond donors (Lipinski definition) is 0. The molecule has 1 fully saturated rings. The van der Waals surface area contributed by atoms with Crippen LogP contribution in [0.3, 0.4) is 0 Å². The lowest BCUT2D eigenvalue weighted by atomic mass is 10.1. The van der Waals surface area contributed by atoms with Gasteiger partial charge in [0, 0.05) is 13.1 Å². The molecule has 0 radical (unpaired) electrons. The van der Waals surface area contributed by atoms with E-state index in [1.807, 2.05) is 19.1 Å². The molecule has 1 unspecified atom stereocenters. The van der Waals surface area contributed by atoms with Crippen molar-refractivity contribution in [3.05, 3.63) is 29.8 Å². The van der Waals surface area contributed by atoms with Crippen LogP contribution in [0, 0.1) is 6.92 Å². The summed E-state index contributed by atoms with van der Waals surface area (Å²) in [6.45, 7) is 5.04. The average molecular weight is 324 g/mol. The number of aryl methyl sites for hydroxylation is 1. The van der Waals surface area contributed by atoms with E-state index in [0.717, 1.165) is 31.1 Å². The smallest absolute Gasteiger partial charge is 0.246 e. The van der Waals surface area contributed by atoms with Gasteiger partial charge < -0.3 is 4.90 Å². The molecule has 1 aliphatic heterocycles. The van der Waals surface area contributed by atoms with Crippen LogP contribution in [0.5, 0.6) is 0 Å². The van der Waals surface area contributed by atoms with Crippen molar-refractivity contribution in [3.8, 4) is 0 Å². The van der Waals surface area contributed by atoms with Crippen LogP contribution in [0.15, 0.2) is 24.3 Å². The van der Waals surface area contributed by atoms with Crippen molar-refractivity contribution in [2.24, 2.45) is 0 Å². The molecule has 1 aromatic carbocycles. The summed E-state index contributed by atoms with van der Waals surface area (Å²) in [7, 11) is -3.53. The number of benzene rings is 1. The predicted octanol–water partition coefficient (Wildman–Crippen LogP) is 2.16. The molecule has 1 aliphatic rings. The number of carbonyl (C=O) groups excluding carboxylic acids is 1. The molecule has 0 N–H and O–H groups in total. The number of anilines is 1. The fourth-order valence-electron chi connectivity index (χ4n) is 2.87. The van der Waals surface area contributed by atoms with Gasteiger partial charge in [0.1, 0.15) is 6.04 Å². The second-order valence-electron chi connectivity index (χ2n) is 5.96. The number of nitrogens with zero attached hydrogens (tertiary/aromatic N) is 2. The maximum absolute atomic E-state index is 12.6. The number of piperidine rings is 1. The lowest BCUT2D eigenvalue weighted by Crippen LogP contribution is -2.50. The zero-order valence-corrected chi connectivity index (χ0v) is 14.3. The van der Waals surface area contributed by atoms with E-state index < -0.39 is 16.1 Å². The molecule has 1 aromatic rings. The van der Waals surface area contributed by atoms with Crippen LogP contribution >= 0.6 is 0 Å². The minimum absolute atomic E-state index is 0.120. The Hall–Kier alpha value is -1.56. The zero-order chi connectivity index (χ0) is 16.3. The van der Waals surface area contributed by atoms with Crippen LogP contribution < -0.4 is 4.31 Å². The highest BCUT2D eigenvalue weighted by Gasteiger charge is 2.32. The highest BCUT2D eigenvalue weighted by molar-refractivity contribution is 7.92. The second-order valence-corrected chi connectivity index (χ2v) is 7.82. The molecule has 0 spiro atoms. The number of hydrogen-bond acceptors (Lipinski definition) is 3. The summed E-state index contributed by atoms with van der Waals surface area (Å²) in [6.07, 6.45) is 4.25. The van der Waals surface area contributed by atoms with Crippen molar-refractivity contribution >= 4 is 21.6 Å². The van der Waals surface area contributed by atoms with Crippen molar-refractivity contribution in [3.63, 3.8) is 0 Å². The van der Waals surface area contributed by atoms with Crippen molar-refractivity contribution in [2.75, 3.05) is 23.7 Å². The van der Waals surface area contributed by atoms with Gasteiger partial charge in [0.2, 0.25) is 15.9 Å². The van der Waals surface area contributed by atoms with E-state index >= 15 is 0 Å². The summed E-state index contributed by atoms with van der Waals surface area (Å²) in [5.74, 6) is -0.120. The molecular weight excluding hydrogens is 300 g/mol. The van der Waals surface area contributed by atoms with Crippen molar-refractivity contribution in [1.29, 1.82) is 0 Å². The zero-order valence-electron chi connectivity index (χ0n) is 13.4. The third-order valence-corrected chi connectivity index (χ3v) is 5.26. The van der Waals surface area contributed by atoms with E-state index in [1.54, 1.807) is 24.0 Å². The van der Waals surface area contributed by atoms with Crippen molar-refractivity contribution < 1.29 is 13.2 Å². The largest absolute Gasteiger partial charge is 0.341 e. The Morgan fingerprint density at radius 1 is 1.14 bits per heavy atom. The first kappa shape index (κ1) is 16.8.